The molecule has 61 heavy (non-hydrogen) atoms. The first-order chi connectivity index (χ1) is 30.1. The van der Waals surface area contributed by atoms with Crippen LogP contribution >= 0.6 is 0 Å². The van der Waals surface area contributed by atoms with Crippen LogP contribution in [0.5, 0.6) is 0 Å². The van der Waals surface area contributed by atoms with Crippen molar-refractivity contribution in [1.29, 1.82) is 0 Å². The second-order valence-electron chi connectivity index (χ2n) is 19.1. The van der Waals surface area contributed by atoms with Crippen LogP contribution in [0.4, 0.5) is 0 Å². The molecule has 0 saturated carbocycles. The molecular formula is C56H109NO4. The van der Waals surface area contributed by atoms with Crippen molar-refractivity contribution in [3.05, 3.63) is 24.3 Å². The molecule has 3 atom stereocenters. The molecule has 0 aliphatic heterocycles. The van der Waals surface area contributed by atoms with Gasteiger partial charge in [-0.3, -0.25) is 4.79 Å². The summed E-state index contributed by atoms with van der Waals surface area (Å²) < 4.78 is 0. The Morgan fingerprint density at radius 1 is 0.393 bits per heavy atom. The lowest BCUT2D eigenvalue weighted by molar-refractivity contribution is -0.131. The fraction of sp³-hybridized carbons (Fsp3) is 0.911. The molecular weight excluding hydrogens is 751 g/mol. The summed E-state index contributed by atoms with van der Waals surface area (Å²) >= 11 is 0. The van der Waals surface area contributed by atoms with E-state index in [0.717, 1.165) is 32.1 Å². The number of amides is 1. The van der Waals surface area contributed by atoms with Gasteiger partial charge >= 0.3 is 0 Å². The number of aliphatic hydroxyl groups is 3. The van der Waals surface area contributed by atoms with Gasteiger partial charge in [-0.2, -0.15) is 0 Å². The van der Waals surface area contributed by atoms with E-state index in [1.807, 2.05) is 6.08 Å². The lowest BCUT2D eigenvalue weighted by Gasteiger charge is -2.21. The largest absolute Gasteiger partial charge is 0.394 e. The van der Waals surface area contributed by atoms with Crippen LogP contribution in [-0.4, -0.2) is 46.1 Å². The fourth-order valence-electron chi connectivity index (χ4n) is 8.71. The van der Waals surface area contributed by atoms with Crippen LogP contribution < -0.4 is 5.32 Å². The molecule has 0 aromatic carbocycles. The van der Waals surface area contributed by atoms with Gasteiger partial charge in [0.1, 0.15) is 6.10 Å². The van der Waals surface area contributed by atoms with Crippen LogP contribution in [0.3, 0.4) is 0 Å². The Labute approximate surface area is 382 Å². The minimum absolute atomic E-state index is 0.361. The molecule has 0 aromatic rings. The van der Waals surface area contributed by atoms with E-state index >= 15 is 0 Å². The van der Waals surface area contributed by atoms with E-state index in [1.54, 1.807) is 6.08 Å². The third-order valence-electron chi connectivity index (χ3n) is 13.0. The van der Waals surface area contributed by atoms with Crippen molar-refractivity contribution < 1.29 is 20.1 Å². The lowest BCUT2D eigenvalue weighted by Crippen LogP contribution is -2.48. The second-order valence-corrected chi connectivity index (χ2v) is 19.1. The molecule has 0 rings (SSSR count). The molecule has 0 aliphatic rings. The first-order valence-corrected chi connectivity index (χ1v) is 27.7. The Balaban J connectivity index is 3.56. The predicted molar refractivity (Wildman–Crippen MR) is 268 cm³/mol. The molecule has 0 radical (unpaired) electrons. The molecule has 0 fully saturated rings. The average Bonchev–Trinajstić information content (AvgIpc) is 3.26. The van der Waals surface area contributed by atoms with Gasteiger partial charge in [-0.15, -0.1) is 0 Å². The van der Waals surface area contributed by atoms with Gasteiger partial charge in [-0.25, -0.2) is 0 Å². The Kier molecular flexibility index (Phi) is 50.5. The molecule has 0 aliphatic carbocycles. The molecule has 5 nitrogen and oxygen atoms in total. The minimum atomic E-state index is -1.10. The normalized spacial score (nSPS) is 13.5. The Morgan fingerprint density at radius 3 is 0.951 bits per heavy atom. The van der Waals surface area contributed by atoms with E-state index in [-0.39, 0.29) is 6.61 Å². The first kappa shape index (κ1) is 59.8. The zero-order chi connectivity index (χ0) is 44.4. The number of carbonyl (C=O) groups excluding carboxylic acids is 1. The molecule has 0 aromatic heterocycles. The van der Waals surface area contributed by atoms with Crippen LogP contribution in [-0.2, 0) is 4.79 Å². The zero-order valence-corrected chi connectivity index (χ0v) is 41.3. The van der Waals surface area contributed by atoms with Crippen molar-refractivity contribution in [2.75, 3.05) is 6.61 Å². The molecule has 362 valence electrons. The van der Waals surface area contributed by atoms with E-state index in [1.165, 1.54) is 250 Å². The lowest BCUT2D eigenvalue weighted by atomic mass is 10.0. The third kappa shape index (κ3) is 46.6. The summed E-state index contributed by atoms with van der Waals surface area (Å²) in [5.74, 6) is -0.499. The molecule has 5 heteroatoms. The summed E-state index contributed by atoms with van der Waals surface area (Å²) in [5.41, 5.74) is 0. The summed E-state index contributed by atoms with van der Waals surface area (Å²) in [5, 5.41) is 33.4. The van der Waals surface area contributed by atoms with E-state index in [9.17, 15) is 20.1 Å². The molecule has 1 amide bonds. The van der Waals surface area contributed by atoms with Crippen molar-refractivity contribution >= 4 is 5.91 Å². The zero-order valence-electron chi connectivity index (χ0n) is 41.3. The summed E-state index contributed by atoms with van der Waals surface area (Å²) in [4.78, 5) is 12.5. The van der Waals surface area contributed by atoms with Crippen molar-refractivity contribution in [1.82, 2.24) is 5.32 Å². The maximum absolute atomic E-state index is 12.5. The predicted octanol–water partition coefficient (Wildman–Crippen LogP) is 16.9. The van der Waals surface area contributed by atoms with E-state index in [2.05, 4.69) is 31.3 Å². The van der Waals surface area contributed by atoms with Gasteiger partial charge in [-0.1, -0.05) is 282 Å². The summed E-state index contributed by atoms with van der Waals surface area (Å²) in [6.07, 6.45) is 65.3. The number of aliphatic hydroxyl groups excluding tert-OH is 3. The smallest absolute Gasteiger partial charge is 0.249 e. The van der Waals surface area contributed by atoms with Crippen molar-refractivity contribution in [3.8, 4) is 0 Å². The van der Waals surface area contributed by atoms with E-state index in [0.29, 0.717) is 6.42 Å². The third-order valence-corrected chi connectivity index (χ3v) is 13.0. The number of rotatable bonds is 51. The Morgan fingerprint density at radius 2 is 0.656 bits per heavy atom. The summed E-state index contributed by atoms with van der Waals surface area (Å²) in [7, 11) is 0. The van der Waals surface area contributed by atoms with Crippen molar-refractivity contribution in [2.24, 2.45) is 0 Å². The molecule has 0 saturated heterocycles. The first-order valence-electron chi connectivity index (χ1n) is 27.7. The van der Waals surface area contributed by atoms with Gasteiger partial charge in [0.05, 0.1) is 18.8 Å². The molecule has 0 bridgehead atoms. The topological polar surface area (TPSA) is 89.8 Å². The highest BCUT2D eigenvalue weighted by molar-refractivity contribution is 5.80. The van der Waals surface area contributed by atoms with Crippen LogP contribution in [0.15, 0.2) is 24.3 Å². The number of unbranched alkanes of at least 4 members (excludes halogenated alkanes) is 41. The monoisotopic (exact) mass is 860 g/mol. The van der Waals surface area contributed by atoms with Crippen LogP contribution in [0.25, 0.3) is 0 Å². The Bertz CT molecular complexity index is 905. The highest BCUT2D eigenvalue weighted by Crippen LogP contribution is 2.17. The van der Waals surface area contributed by atoms with Gasteiger partial charge in [0.25, 0.3) is 0 Å². The number of hydrogen-bond acceptors (Lipinski definition) is 4. The fourth-order valence-corrected chi connectivity index (χ4v) is 8.71. The summed E-state index contributed by atoms with van der Waals surface area (Å²) in [6, 6.07) is -0.797. The average molecular weight is 860 g/mol. The van der Waals surface area contributed by atoms with Crippen LogP contribution in [0.1, 0.15) is 303 Å². The highest BCUT2D eigenvalue weighted by atomic mass is 16.3. The number of allylic oxidation sites excluding steroid dienone is 3. The van der Waals surface area contributed by atoms with Crippen molar-refractivity contribution in [2.45, 2.75) is 321 Å². The highest BCUT2D eigenvalue weighted by Gasteiger charge is 2.22. The molecule has 0 spiro atoms. The van der Waals surface area contributed by atoms with E-state index < -0.39 is 24.2 Å². The second kappa shape index (κ2) is 51.5. The summed E-state index contributed by atoms with van der Waals surface area (Å²) in [6.45, 7) is 4.22. The van der Waals surface area contributed by atoms with Crippen LogP contribution in [0, 0.1) is 0 Å². The maximum atomic E-state index is 12.5. The standard InChI is InChI=1S/C56H109NO4/c1-3-5-7-9-11-13-15-17-19-21-23-25-26-27-28-29-30-31-33-35-37-39-41-43-45-47-49-51-55(60)56(61)57-53(52-58)54(59)50-48-46-44-42-40-38-36-34-32-24-22-20-18-16-14-12-10-8-6-4-2/h27-28,48,50,53-55,58-60H,3-26,29-47,49,51-52H2,1-2H3,(H,57,61)/b28-27-,50-48+. The van der Waals surface area contributed by atoms with Crippen LogP contribution in [0.2, 0.25) is 0 Å². The Hall–Kier alpha value is -1.17. The molecule has 4 N–H and O–H groups in total. The number of carbonyl (C=O) groups is 1. The quantitative estimate of drug-likeness (QED) is 0.0362. The molecule has 0 heterocycles. The maximum Gasteiger partial charge on any atom is 0.249 e. The number of nitrogens with one attached hydrogen (secondary N) is 1. The van der Waals surface area contributed by atoms with Crippen molar-refractivity contribution in [3.63, 3.8) is 0 Å². The van der Waals surface area contributed by atoms with Gasteiger partial charge < -0.3 is 20.6 Å². The number of hydrogen-bond donors (Lipinski definition) is 4. The van der Waals surface area contributed by atoms with Gasteiger partial charge in [0.15, 0.2) is 0 Å². The minimum Gasteiger partial charge on any atom is -0.394 e. The van der Waals surface area contributed by atoms with Gasteiger partial charge in [0, 0.05) is 0 Å². The van der Waals surface area contributed by atoms with Gasteiger partial charge in [-0.05, 0) is 44.9 Å². The molecule has 3 unspecified atom stereocenters. The SMILES string of the molecule is CCCCCCCCCCCCCC/C=C\CCCCCCCCCCCCCC(O)C(=O)NC(CO)C(O)/C=C/CCCCCCCCCCCCCCCCCCCC. The van der Waals surface area contributed by atoms with E-state index in [4.69, 9.17) is 0 Å². The van der Waals surface area contributed by atoms with Gasteiger partial charge in [0.2, 0.25) is 5.91 Å².